The molecule has 3 rings (SSSR count). The van der Waals surface area contributed by atoms with Gasteiger partial charge in [-0.1, -0.05) is 24.3 Å². The smallest absolute Gasteiger partial charge is 0.282 e. The summed E-state index contributed by atoms with van der Waals surface area (Å²) in [7, 11) is 0. The third-order valence-electron chi connectivity index (χ3n) is 3.67. The van der Waals surface area contributed by atoms with Gasteiger partial charge in [0.15, 0.2) is 0 Å². The van der Waals surface area contributed by atoms with E-state index in [0.717, 1.165) is 0 Å². The molecular formula is C18H12N4O6. The van der Waals surface area contributed by atoms with Crippen LogP contribution in [0.3, 0.4) is 0 Å². The summed E-state index contributed by atoms with van der Waals surface area (Å²) in [5.41, 5.74) is 2.18. The highest BCUT2D eigenvalue weighted by atomic mass is 16.6. The van der Waals surface area contributed by atoms with Crippen LogP contribution < -0.4 is 5.43 Å². The minimum Gasteiger partial charge on any atom is -0.455 e. The van der Waals surface area contributed by atoms with E-state index >= 15 is 0 Å². The molecule has 10 heteroatoms. The van der Waals surface area contributed by atoms with E-state index in [1.165, 1.54) is 48.7 Å². The van der Waals surface area contributed by atoms with Gasteiger partial charge in [-0.05, 0) is 18.2 Å². The van der Waals surface area contributed by atoms with Gasteiger partial charge in [-0.15, -0.1) is 0 Å². The number of non-ortho nitro benzene ring substituents is 1. The van der Waals surface area contributed by atoms with Crippen LogP contribution in [0, 0.1) is 20.2 Å². The second-order valence-corrected chi connectivity index (χ2v) is 5.48. The lowest BCUT2D eigenvalue weighted by atomic mass is 10.1. The first-order valence-electron chi connectivity index (χ1n) is 7.87. The molecule has 0 atom stereocenters. The first-order valence-corrected chi connectivity index (χ1v) is 7.87. The van der Waals surface area contributed by atoms with Crippen LogP contribution in [0.4, 0.5) is 11.4 Å². The summed E-state index contributed by atoms with van der Waals surface area (Å²) in [6, 6.07) is 14.6. The molecule has 0 spiro atoms. The van der Waals surface area contributed by atoms with E-state index in [1.807, 2.05) is 0 Å². The number of rotatable bonds is 6. The number of benzene rings is 2. The van der Waals surface area contributed by atoms with Crippen molar-refractivity contribution < 1.29 is 19.1 Å². The first-order chi connectivity index (χ1) is 13.5. The first kappa shape index (κ1) is 18.5. The number of para-hydroxylation sites is 1. The second-order valence-electron chi connectivity index (χ2n) is 5.48. The maximum atomic E-state index is 12.1. The Morgan fingerprint density at radius 2 is 1.79 bits per heavy atom. The zero-order valence-electron chi connectivity index (χ0n) is 14.1. The van der Waals surface area contributed by atoms with Gasteiger partial charge < -0.3 is 4.42 Å². The number of nitro groups is 2. The third-order valence-corrected chi connectivity index (χ3v) is 3.67. The number of nitrogens with one attached hydrogen (secondary N) is 1. The maximum absolute atomic E-state index is 12.1. The molecule has 0 saturated carbocycles. The molecular weight excluding hydrogens is 368 g/mol. The summed E-state index contributed by atoms with van der Waals surface area (Å²) in [5.74, 6) is -0.0754. The number of nitrogens with zero attached hydrogens (tertiary/aromatic N) is 3. The number of amides is 1. The molecule has 10 nitrogen and oxygen atoms in total. The molecule has 0 unspecified atom stereocenters. The summed E-state index contributed by atoms with van der Waals surface area (Å²) in [4.78, 5) is 32.7. The predicted molar refractivity (Wildman–Crippen MR) is 99.0 cm³/mol. The van der Waals surface area contributed by atoms with E-state index in [2.05, 4.69) is 10.5 Å². The van der Waals surface area contributed by atoms with E-state index in [1.54, 1.807) is 18.2 Å². The quantitative estimate of drug-likeness (QED) is 0.394. The summed E-state index contributed by atoms with van der Waals surface area (Å²) < 4.78 is 5.52. The lowest BCUT2D eigenvalue weighted by Gasteiger charge is -2.00. The molecule has 28 heavy (non-hydrogen) atoms. The van der Waals surface area contributed by atoms with E-state index in [4.69, 9.17) is 4.42 Å². The van der Waals surface area contributed by atoms with E-state index in [0.29, 0.717) is 11.3 Å². The normalized spacial score (nSPS) is 10.7. The molecule has 1 N–H and O–H groups in total. The number of hydrogen-bond donors (Lipinski definition) is 1. The van der Waals surface area contributed by atoms with Crippen molar-refractivity contribution in [3.63, 3.8) is 0 Å². The molecule has 0 radical (unpaired) electrons. The van der Waals surface area contributed by atoms with Gasteiger partial charge in [0.05, 0.1) is 16.1 Å². The van der Waals surface area contributed by atoms with E-state index < -0.39 is 15.8 Å². The van der Waals surface area contributed by atoms with Crippen LogP contribution >= 0.6 is 0 Å². The van der Waals surface area contributed by atoms with Crippen LogP contribution in [0.25, 0.3) is 11.3 Å². The number of nitro benzene ring substituents is 2. The van der Waals surface area contributed by atoms with Gasteiger partial charge in [0.25, 0.3) is 17.3 Å². The summed E-state index contributed by atoms with van der Waals surface area (Å²) in [6.45, 7) is 0. The van der Waals surface area contributed by atoms with Crippen LogP contribution in [0.2, 0.25) is 0 Å². The van der Waals surface area contributed by atoms with Crippen LogP contribution in [0.15, 0.2) is 70.2 Å². The molecule has 0 aliphatic carbocycles. The minimum atomic E-state index is -0.742. The Labute approximate surface area is 157 Å². The summed E-state index contributed by atoms with van der Waals surface area (Å²) >= 11 is 0. The highest BCUT2D eigenvalue weighted by Gasteiger charge is 2.18. The van der Waals surface area contributed by atoms with Crippen LogP contribution in [-0.2, 0) is 0 Å². The zero-order chi connectivity index (χ0) is 20.1. The van der Waals surface area contributed by atoms with Crippen molar-refractivity contribution in [1.82, 2.24) is 5.43 Å². The molecule has 0 saturated heterocycles. The molecule has 0 fully saturated rings. The Bertz CT molecular complexity index is 1090. The van der Waals surface area contributed by atoms with Crippen molar-refractivity contribution in [2.75, 3.05) is 0 Å². The van der Waals surface area contributed by atoms with Crippen molar-refractivity contribution in [2.45, 2.75) is 0 Å². The highest BCUT2D eigenvalue weighted by Crippen LogP contribution is 2.25. The van der Waals surface area contributed by atoms with Crippen molar-refractivity contribution in [2.24, 2.45) is 5.10 Å². The van der Waals surface area contributed by atoms with Gasteiger partial charge >= 0.3 is 0 Å². The van der Waals surface area contributed by atoms with Gasteiger partial charge in [0.2, 0.25) is 0 Å². The summed E-state index contributed by atoms with van der Waals surface area (Å²) in [6.07, 6.45) is 1.22. The summed E-state index contributed by atoms with van der Waals surface area (Å²) in [5, 5.41) is 25.5. The van der Waals surface area contributed by atoms with Crippen molar-refractivity contribution >= 4 is 23.5 Å². The van der Waals surface area contributed by atoms with Crippen LogP contribution in [-0.4, -0.2) is 22.0 Å². The predicted octanol–water partition coefficient (Wildman–Crippen LogP) is 3.53. The highest BCUT2D eigenvalue weighted by molar-refractivity contribution is 5.98. The second kappa shape index (κ2) is 7.91. The lowest BCUT2D eigenvalue weighted by Crippen LogP contribution is -2.18. The lowest BCUT2D eigenvalue weighted by molar-refractivity contribution is -0.385. The van der Waals surface area contributed by atoms with Crippen molar-refractivity contribution in [1.29, 1.82) is 0 Å². The average Bonchev–Trinajstić information content (AvgIpc) is 3.17. The molecule has 1 aromatic heterocycles. The standard InChI is InChI=1S/C18H12N4O6/c23-18(15-6-1-2-7-16(15)22(26)27)20-19-11-14-8-9-17(28-14)12-4-3-5-13(10-12)21(24)25/h1-11H,(H,20,23)/b19-11+. The fourth-order valence-electron chi connectivity index (χ4n) is 2.39. The molecule has 3 aromatic rings. The molecule has 0 aliphatic rings. The number of furan rings is 1. The van der Waals surface area contributed by atoms with Crippen LogP contribution in [0.1, 0.15) is 16.1 Å². The van der Waals surface area contributed by atoms with Gasteiger partial charge in [-0.2, -0.15) is 5.10 Å². The zero-order valence-corrected chi connectivity index (χ0v) is 14.1. The van der Waals surface area contributed by atoms with Crippen molar-refractivity contribution in [3.05, 3.63) is 92.2 Å². The Hall–Kier alpha value is -4.34. The Kier molecular flexibility index (Phi) is 5.21. The SMILES string of the molecule is O=C(N/N=C/c1ccc(-c2cccc([N+](=O)[O-])c2)o1)c1ccccc1[N+](=O)[O-]. The molecule has 0 bridgehead atoms. The topological polar surface area (TPSA) is 141 Å². The number of carbonyl (C=O) groups excluding carboxylic acids is 1. The molecule has 1 heterocycles. The Morgan fingerprint density at radius 3 is 2.54 bits per heavy atom. The molecule has 2 aromatic carbocycles. The van der Waals surface area contributed by atoms with Crippen LogP contribution in [0.5, 0.6) is 0 Å². The number of hydrogen-bond acceptors (Lipinski definition) is 7. The number of hydrazone groups is 1. The van der Waals surface area contributed by atoms with Gasteiger partial charge in [0.1, 0.15) is 17.1 Å². The Morgan fingerprint density at radius 1 is 1.00 bits per heavy atom. The largest absolute Gasteiger partial charge is 0.455 e. The fraction of sp³-hybridized carbons (Fsp3) is 0. The van der Waals surface area contributed by atoms with E-state index in [9.17, 15) is 25.0 Å². The average molecular weight is 380 g/mol. The monoisotopic (exact) mass is 380 g/mol. The van der Waals surface area contributed by atoms with Gasteiger partial charge in [-0.3, -0.25) is 25.0 Å². The van der Waals surface area contributed by atoms with Gasteiger partial charge in [-0.25, -0.2) is 5.43 Å². The van der Waals surface area contributed by atoms with E-state index in [-0.39, 0.29) is 22.7 Å². The Balaban J connectivity index is 1.71. The molecule has 140 valence electrons. The van der Waals surface area contributed by atoms with Gasteiger partial charge in [0, 0.05) is 23.8 Å². The maximum Gasteiger partial charge on any atom is 0.282 e. The molecule has 0 aliphatic heterocycles. The number of carbonyl (C=O) groups is 1. The molecule has 1 amide bonds. The van der Waals surface area contributed by atoms with Crippen molar-refractivity contribution in [3.8, 4) is 11.3 Å². The minimum absolute atomic E-state index is 0.0687. The third kappa shape index (κ3) is 4.07. The fourth-order valence-corrected chi connectivity index (χ4v) is 2.39.